The first-order valence-electron chi connectivity index (χ1n) is 4.59. The van der Waals surface area contributed by atoms with Crippen LogP contribution < -0.4 is 0 Å². The average molecular weight is 173 g/mol. The van der Waals surface area contributed by atoms with Crippen molar-refractivity contribution in [2.45, 2.75) is 46.3 Å². The molecule has 1 atom stereocenters. The number of hydrogen-bond acceptors (Lipinski definition) is 2. The minimum atomic E-state index is -0.435. The summed E-state index contributed by atoms with van der Waals surface area (Å²) >= 11 is 0. The van der Waals surface area contributed by atoms with Crippen LogP contribution in [0.2, 0.25) is 0 Å². The number of likely N-dealkylation sites (tertiary alicyclic amines) is 1. The number of amides is 1. The molecule has 0 aromatic carbocycles. The smallest absolute Gasteiger partial charge is 0.225 e. The van der Waals surface area contributed by atoms with Crippen molar-refractivity contribution in [3.8, 4) is 0 Å². The van der Waals surface area contributed by atoms with E-state index in [1.54, 1.807) is 4.90 Å². The fraction of sp³-hybridized carbons (Fsp3) is 0.889. The monoisotopic (exact) mass is 173 g/mol. The van der Waals surface area contributed by atoms with Crippen LogP contribution in [-0.2, 0) is 4.79 Å². The lowest BCUT2D eigenvalue weighted by molar-refractivity contribution is -0.129. The van der Waals surface area contributed by atoms with Crippen LogP contribution in [0.25, 0.3) is 0 Å². The van der Waals surface area contributed by atoms with Crippen LogP contribution in [-0.4, -0.2) is 34.6 Å². The van der Waals surface area contributed by atoms with E-state index in [9.17, 15) is 4.79 Å². The van der Waals surface area contributed by atoms with Gasteiger partial charge in [0.25, 0.3) is 0 Å². The Balaban J connectivity index is 0.000000561. The first kappa shape index (κ1) is 11.4. The van der Waals surface area contributed by atoms with Gasteiger partial charge in [-0.3, -0.25) is 4.79 Å². The number of nitrogens with zero attached hydrogens (tertiary/aromatic N) is 1. The summed E-state index contributed by atoms with van der Waals surface area (Å²) in [4.78, 5) is 12.7. The molecule has 1 unspecified atom stereocenters. The van der Waals surface area contributed by atoms with E-state index in [0.29, 0.717) is 13.0 Å². The van der Waals surface area contributed by atoms with Gasteiger partial charge in [-0.05, 0) is 13.8 Å². The number of aliphatic hydroxyl groups is 1. The third-order valence-electron chi connectivity index (χ3n) is 1.76. The third kappa shape index (κ3) is 2.81. The molecule has 0 aromatic heterocycles. The molecule has 1 saturated heterocycles. The Hall–Kier alpha value is -0.570. The Kier molecular flexibility index (Phi) is 4.90. The molecular formula is C9H19NO2. The molecule has 0 radical (unpaired) electrons. The van der Waals surface area contributed by atoms with Gasteiger partial charge in [-0.15, -0.1) is 0 Å². The lowest BCUT2D eigenvalue weighted by atomic mass is 10.3. The van der Waals surface area contributed by atoms with Crippen molar-refractivity contribution >= 4 is 5.91 Å². The highest BCUT2D eigenvalue weighted by Crippen LogP contribution is 2.13. The average Bonchev–Trinajstić information content (AvgIpc) is 2.34. The van der Waals surface area contributed by atoms with E-state index in [1.165, 1.54) is 0 Å². The van der Waals surface area contributed by atoms with Gasteiger partial charge in [0.15, 0.2) is 0 Å². The molecule has 1 fully saturated rings. The molecule has 0 saturated carbocycles. The summed E-state index contributed by atoms with van der Waals surface area (Å²) in [7, 11) is 0. The maximum atomic E-state index is 11.0. The van der Waals surface area contributed by atoms with Gasteiger partial charge in [0.05, 0.1) is 12.5 Å². The highest BCUT2D eigenvalue weighted by molar-refractivity contribution is 5.79. The van der Waals surface area contributed by atoms with E-state index in [4.69, 9.17) is 5.11 Å². The second kappa shape index (κ2) is 5.14. The number of hydrogen-bond donors (Lipinski definition) is 1. The Bertz CT molecular complexity index is 145. The number of rotatable bonds is 1. The van der Waals surface area contributed by atoms with Crippen molar-refractivity contribution in [2.75, 3.05) is 6.54 Å². The van der Waals surface area contributed by atoms with Crippen LogP contribution >= 0.6 is 0 Å². The topological polar surface area (TPSA) is 40.5 Å². The molecule has 0 aliphatic carbocycles. The summed E-state index contributed by atoms with van der Waals surface area (Å²) in [6.07, 6.45) is -0.132. The molecule has 0 aromatic rings. The molecule has 1 aliphatic heterocycles. The second-order valence-corrected chi connectivity index (χ2v) is 3.00. The van der Waals surface area contributed by atoms with Crippen LogP contribution in [0.15, 0.2) is 0 Å². The normalized spacial score (nSPS) is 22.7. The minimum Gasteiger partial charge on any atom is -0.391 e. The molecule has 72 valence electrons. The van der Waals surface area contributed by atoms with E-state index in [0.717, 1.165) is 0 Å². The standard InChI is InChI=1S/C7H13NO2.C2H6/c1-5(2)8-4-6(9)3-7(8)10;1-2/h5-6,9H,3-4H2,1-2H3;1-2H3. The van der Waals surface area contributed by atoms with Gasteiger partial charge in [-0.1, -0.05) is 13.8 Å². The van der Waals surface area contributed by atoms with E-state index in [-0.39, 0.29) is 11.9 Å². The molecule has 0 bridgehead atoms. The highest BCUT2D eigenvalue weighted by atomic mass is 16.3. The molecular weight excluding hydrogens is 154 g/mol. The van der Waals surface area contributed by atoms with Crippen molar-refractivity contribution < 1.29 is 9.90 Å². The lowest BCUT2D eigenvalue weighted by Crippen LogP contribution is -2.32. The first-order chi connectivity index (χ1) is 5.61. The second-order valence-electron chi connectivity index (χ2n) is 3.00. The summed E-state index contributed by atoms with van der Waals surface area (Å²) < 4.78 is 0. The van der Waals surface area contributed by atoms with Crippen LogP contribution in [0.4, 0.5) is 0 Å². The fourth-order valence-electron chi connectivity index (χ4n) is 1.21. The van der Waals surface area contributed by atoms with E-state index in [2.05, 4.69) is 0 Å². The van der Waals surface area contributed by atoms with Gasteiger partial charge >= 0.3 is 0 Å². The predicted octanol–water partition coefficient (Wildman–Crippen LogP) is 1.01. The summed E-state index contributed by atoms with van der Waals surface area (Å²) in [5, 5.41) is 9.06. The molecule has 3 nitrogen and oxygen atoms in total. The molecule has 1 aliphatic rings. The van der Waals surface area contributed by atoms with Crippen molar-refractivity contribution in [1.82, 2.24) is 4.90 Å². The van der Waals surface area contributed by atoms with E-state index >= 15 is 0 Å². The predicted molar refractivity (Wildman–Crippen MR) is 48.8 cm³/mol. The molecule has 3 heteroatoms. The number of aliphatic hydroxyl groups excluding tert-OH is 1. The fourth-order valence-corrected chi connectivity index (χ4v) is 1.21. The zero-order valence-electron chi connectivity index (χ0n) is 8.37. The Morgan fingerprint density at radius 1 is 1.50 bits per heavy atom. The van der Waals surface area contributed by atoms with Crippen LogP contribution in [0.1, 0.15) is 34.1 Å². The summed E-state index contributed by atoms with van der Waals surface area (Å²) in [5.74, 6) is 0.0718. The Labute approximate surface area is 74.4 Å². The number of carbonyl (C=O) groups excluding carboxylic acids is 1. The van der Waals surface area contributed by atoms with Crippen LogP contribution in [0.3, 0.4) is 0 Å². The first-order valence-corrected chi connectivity index (χ1v) is 4.59. The molecule has 1 heterocycles. The van der Waals surface area contributed by atoms with Crippen molar-refractivity contribution in [3.63, 3.8) is 0 Å². The Morgan fingerprint density at radius 2 is 2.00 bits per heavy atom. The summed E-state index contributed by atoms with van der Waals surface area (Å²) in [6.45, 7) is 8.42. The summed E-state index contributed by atoms with van der Waals surface area (Å²) in [5.41, 5.74) is 0. The van der Waals surface area contributed by atoms with Gasteiger partial charge in [-0.2, -0.15) is 0 Å². The van der Waals surface area contributed by atoms with Gasteiger partial charge < -0.3 is 10.0 Å². The van der Waals surface area contributed by atoms with Gasteiger partial charge in [-0.25, -0.2) is 0 Å². The molecule has 1 amide bonds. The molecule has 12 heavy (non-hydrogen) atoms. The minimum absolute atomic E-state index is 0.0718. The SMILES string of the molecule is CC.CC(C)N1CC(O)CC1=O. The highest BCUT2D eigenvalue weighted by Gasteiger charge is 2.29. The van der Waals surface area contributed by atoms with Gasteiger partial charge in [0, 0.05) is 12.6 Å². The van der Waals surface area contributed by atoms with Crippen LogP contribution in [0, 0.1) is 0 Å². The summed E-state index contributed by atoms with van der Waals surface area (Å²) in [6, 6.07) is 0.227. The largest absolute Gasteiger partial charge is 0.391 e. The maximum Gasteiger partial charge on any atom is 0.225 e. The van der Waals surface area contributed by atoms with E-state index < -0.39 is 6.10 Å². The lowest BCUT2D eigenvalue weighted by Gasteiger charge is -2.19. The molecule has 1 rings (SSSR count). The number of β-amino-alcohol motifs (C(OH)–C–C–N with tert-alkyl or cyclic N) is 1. The zero-order valence-corrected chi connectivity index (χ0v) is 8.37. The number of carbonyl (C=O) groups is 1. The Morgan fingerprint density at radius 3 is 2.17 bits per heavy atom. The van der Waals surface area contributed by atoms with E-state index in [1.807, 2.05) is 27.7 Å². The van der Waals surface area contributed by atoms with Gasteiger partial charge in [0.1, 0.15) is 0 Å². The molecule has 0 spiro atoms. The zero-order chi connectivity index (χ0) is 9.72. The van der Waals surface area contributed by atoms with Gasteiger partial charge in [0.2, 0.25) is 5.91 Å². The quantitative estimate of drug-likeness (QED) is 0.643. The van der Waals surface area contributed by atoms with Crippen LogP contribution in [0.5, 0.6) is 0 Å². The van der Waals surface area contributed by atoms with Crippen molar-refractivity contribution in [1.29, 1.82) is 0 Å². The van der Waals surface area contributed by atoms with Crippen molar-refractivity contribution in [2.24, 2.45) is 0 Å². The third-order valence-corrected chi connectivity index (χ3v) is 1.76. The maximum absolute atomic E-state index is 11.0. The molecule has 1 N–H and O–H groups in total. The van der Waals surface area contributed by atoms with Crippen molar-refractivity contribution in [3.05, 3.63) is 0 Å².